The van der Waals surface area contributed by atoms with Crippen molar-refractivity contribution in [1.29, 1.82) is 0 Å². The molecule has 1 atom stereocenters. The van der Waals surface area contributed by atoms with Gasteiger partial charge in [0.1, 0.15) is 0 Å². The summed E-state index contributed by atoms with van der Waals surface area (Å²) < 4.78 is 0. The molecule has 3 rings (SSSR count). The third kappa shape index (κ3) is 3.46. The summed E-state index contributed by atoms with van der Waals surface area (Å²) in [5.41, 5.74) is 3.32. The van der Waals surface area contributed by atoms with Gasteiger partial charge in [-0.3, -0.25) is 4.99 Å². The number of rotatable bonds is 1. The van der Waals surface area contributed by atoms with Crippen LogP contribution >= 0.6 is 46.4 Å². The molecule has 0 spiro atoms. The predicted molar refractivity (Wildman–Crippen MR) is 101 cm³/mol. The van der Waals surface area contributed by atoms with Crippen LogP contribution in [0.2, 0.25) is 15.1 Å². The summed E-state index contributed by atoms with van der Waals surface area (Å²) >= 11 is 25.4. The van der Waals surface area contributed by atoms with Crippen LogP contribution in [0.15, 0.2) is 41.4 Å². The molecule has 0 amide bonds. The second kappa shape index (κ2) is 6.90. The molecule has 0 saturated carbocycles. The standard InChI is InChI=1S/C17H14Cl4N2/c1-23-9-11(19)8-22-17(12-7-10(18)5-6-15(12)23)16-13(20)3-2-4-14(16)21/h2-7,11H,8-9H2,1H3. The zero-order valence-corrected chi connectivity index (χ0v) is 15.4. The summed E-state index contributed by atoms with van der Waals surface area (Å²) in [5.74, 6) is 0. The van der Waals surface area contributed by atoms with Crippen molar-refractivity contribution >= 4 is 57.8 Å². The van der Waals surface area contributed by atoms with Crippen LogP contribution in [0.25, 0.3) is 0 Å². The average molecular weight is 388 g/mol. The van der Waals surface area contributed by atoms with Crippen molar-refractivity contribution in [3.05, 3.63) is 62.6 Å². The van der Waals surface area contributed by atoms with Crippen molar-refractivity contribution in [2.75, 3.05) is 25.0 Å². The lowest BCUT2D eigenvalue weighted by Gasteiger charge is -2.28. The molecule has 0 aromatic heterocycles. The van der Waals surface area contributed by atoms with Gasteiger partial charge in [-0.2, -0.15) is 0 Å². The van der Waals surface area contributed by atoms with Gasteiger partial charge in [-0.1, -0.05) is 40.9 Å². The molecule has 0 fully saturated rings. The van der Waals surface area contributed by atoms with Gasteiger partial charge in [0, 0.05) is 35.4 Å². The van der Waals surface area contributed by atoms with Crippen molar-refractivity contribution < 1.29 is 0 Å². The molecule has 0 saturated heterocycles. The SMILES string of the molecule is CN1CC(Cl)CN=C(c2c(Cl)cccc2Cl)c2cc(Cl)ccc21. The molecule has 0 N–H and O–H groups in total. The molecule has 1 heterocycles. The van der Waals surface area contributed by atoms with Crippen LogP contribution in [0.4, 0.5) is 5.69 Å². The van der Waals surface area contributed by atoms with E-state index in [1.807, 2.05) is 31.3 Å². The first kappa shape index (κ1) is 16.9. The first-order valence-corrected chi connectivity index (χ1v) is 8.68. The van der Waals surface area contributed by atoms with Gasteiger partial charge >= 0.3 is 0 Å². The molecule has 2 aromatic rings. The van der Waals surface area contributed by atoms with Crippen LogP contribution in [0.5, 0.6) is 0 Å². The summed E-state index contributed by atoms with van der Waals surface area (Å²) in [4.78, 5) is 6.80. The molecule has 1 unspecified atom stereocenters. The van der Waals surface area contributed by atoms with Crippen molar-refractivity contribution in [2.45, 2.75) is 5.38 Å². The third-order valence-electron chi connectivity index (χ3n) is 3.74. The Balaban J connectivity index is 2.27. The molecule has 1 aliphatic rings. The van der Waals surface area contributed by atoms with Crippen LogP contribution < -0.4 is 4.90 Å². The second-order valence-corrected chi connectivity index (χ2v) is 7.29. The number of aliphatic imine (C=N–C) groups is 1. The highest BCUT2D eigenvalue weighted by Gasteiger charge is 2.23. The fraction of sp³-hybridized carbons (Fsp3) is 0.235. The van der Waals surface area contributed by atoms with E-state index in [0.717, 1.165) is 17.0 Å². The smallest absolute Gasteiger partial charge is 0.0770 e. The molecule has 6 heteroatoms. The molecular formula is C17H14Cl4N2. The maximum Gasteiger partial charge on any atom is 0.0770 e. The van der Waals surface area contributed by atoms with Gasteiger partial charge in [0.25, 0.3) is 0 Å². The van der Waals surface area contributed by atoms with Crippen molar-refractivity contribution in [1.82, 2.24) is 0 Å². The number of alkyl halides is 1. The first-order valence-electron chi connectivity index (χ1n) is 7.11. The van der Waals surface area contributed by atoms with E-state index in [4.69, 9.17) is 51.4 Å². The van der Waals surface area contributed by atoms with E-state index in [9.17, 15) is 0 Å². The Kier molecular flexibility index (Phi) is 5.07. The topological polar surface area (TPSA) is 15.6 Å². The lowest BCUT2D eigenvalue weighted by molar-refractivity contribution is 0.798. The lowest BCUT2D eigenvalue weighted by atomic mass is 9.98. The van der Waals surface area contributed by atoms with E-state index in [1.165, 1.54) is 0 Å². The summed E-state index contributed by atoms with van der Waals surface area (Å²) in [6.45, 7) is 1.18. The monoisotopic (exact) mass is 386 g/mol. The molecule has 0 radical (unpaired) electrons. The van der Waals surface area contributed by atoms with Gasteiger partial charge in [0.2, 0.25) is 0 Å². The van der Waals surface area contributed by atoms with E-state index < -0.39 is 0 Å². The van der Waals surface area contributed by atoms with Gasteiger partial charge in [-0.05, 0) is 30.3 Å². The number of nitrogens with zero attached hydrogens (tertiary/aromatic N) is 2. The fourth-order valence-corrected chi connectivity index (χ4v) is 3.72. The van der Waals surface area contributed by atoms with Crippen molar-refractivity contribution in [3.63, 3.8) is 0 Å². The molecule has 0 bridgehead atoms. The third-order valence-corrected chi connectivity index (χ3v) is 4.89. The quantitative estimate of drug-likeness (QED) is 0.586. The average Bonchev–Trinajstić information content (AvgIpc) is 2.48. The second-order valence-electron chi connectivity index (χ2n) is 5.43. The first-order chi connectivity index (χ1) is 11.0. The minimum Gasteiger partial charge on any atom is -0.372 e. The number of fused-ring (bicyclic) bond motifs is 1. The zero-order chi connectivity index (χ0) is 16.6. The Labute approximate surface area is 155 Å². The summed E-state index contributed by atoms with van der Waals surface area (Å²) in [5, 5.41) is 1.64. The Hall–Kier alpha value is -0.930. The molecule has 23 heavy (non-hydrogen) atoms. The lowest BCUT2D eigenvalue weighted by Crippen LogP contribution is -2.31. The maximum absolute atomic E-state index is 6.39. The Morgan fingerprint density at radius 3 is 2.48 bits per heavy atom. The van der Waals surface area contributed by atoms with Crippen LogP contribution in [0.3, 0.4) is 0 Å². The number of benzene rings is 2. The zero-order valence-electron chi connectivity index (χ0n) is 12.4. The summed E-state index contributed by atoms with van der Waals surface area (Å²) in [6.07, 6.45) is 0. The van der Waals surface area contributed by atoms with Crippen LogP contribution in [0, 0.1) is 0 Å². The fourth-order valence-electron chi connectivity index (χ4n) is 2.70. The Morgan fingerprint density at radius 1 is 1.09 bits per heavy atom. The Morgan fingerprint density at radius 2 is 1.78 bits per heavy atom. The van der Waals surface area contributed by atoms with E-state index in [1.54, 1.807) is 12.1 Å². The highest BCUT2D eigenvalue weighted by molar-refractivity contribution is 6.42. The van der Waals surface area contributed by atoms with E-state index in [0.29, 0.717) is 33.7 Å². The van der Waals surface area contributed by atoms with Crippen LogP contribution in [-0.2, 0) is 0 Å². The molecule has 0 aliphatic carbocycles. The summed E-state index contributed by atoms with van der Waals surface area (Å²) in [6, 6.07) is 11.1. The van der Waals surface area contributed by atoms with Gasteiger partial charge in [-0.25, -0.2) is 0 Å². The molecule has 2 aromatic carbocycles. The largest absolute Gasteiger partial charge is 0.372 e. The van der Waals surface area contributed by atoms with Gasteiger partial charge < -0.3 is 4.90 Å². The van der Waals surface area contributed by atoms with Crippen LogP contribution in [0.1, 0.15) is 11.1 Å². The van der Waals surface area contributed by atoms with Gasteiger partial charge in [0.05, 0.1) is 27.7 Å². The minimum absolute atomic E-state index is 0.0971. The van der Waals surface area contributed by atoms with Crippen LogP contribution in [-0.4, -0.2) is 31.2 Å². The number of halogens is 4. The highest BCUT2D eigenvalue weighted by Crippen LogP contribution is 2.33. The number of anilines is 1. The molecule has 1 aliphatic heterocycles. The van der Waals surface area contributed by atoms with Gasteiger partial charge in [0.15, 0.2) is 0 Å². The molecule has 2 nitrogen and oxygen atoms in total. The van der Waals surface area contributed by atoms with Gasteiger partial charge in [-0.15, -0.1) is 11.6 Å². The molecular weight excluding hydrogens is 374 g/mol. The van der Waals surface area contributed by atoms with Crippen molar-refractivity contribution in [2.24, 2.45) is 4.99 Å². The minimum atomic E-state index is -0.0971. The van der Waals surface area contributed by atoms with E-state index >= 15 is 0 Å². The highest BCUT2D eigenvalue weighted by atomic mass is 35.5. The normalized spacial score (nSPS) is 18.0. The van der Waals surface area contributed by atoms with E-state index in [-0.39, 0.29) is 5.38 Å². The Bertz CT molecular complexity index is 753. The predicted octanol–water partition coefficient (Wildman–Crippen LogP) is 5.54. The number of hydrogen-bond acceptors (Lipinski definition) is 2. The van der Waals surface area contributed by atoms with Crippen molar-refractivity contribution in [3.8, 4) is 0 Å². The molecule has 120 valence electrons. The maximum atomic E-state index is 6.39. The summed E-state index contributed by atoms with van der Waals surface area (Å²) in [7, 11) is 2.00. The number of hydrogen-bond donors (Lipinski definition) is 0. The van der Waals surface area contributed by atoms with E-state index in [2.05, 4.69) is 4.90 Å².